The van der Waals surface area contributed by atoms with Crippen molar-refractivity contribution < 1.29 is 4.74 Å². The van der Waals surface area contributed by atoms with Crippen molar-refractivity contribution in [2.75, 3.05) is 9.80 Å². The normalized spacial score (nSPS) is 12.9. The molecule has 0 fully saturated rings. The van der Waals surface area contributed by atoms with Crippen molar-refractivity contribution in [3.05, 3.63) is 289 Å². The summed E-state index contributed by atoms with van der Waals surface area (Å²) in [6.45, 7) is 0. The Morgan fingerprint density at radius 2 is 0.816 bits per heavy atom. The zero-order chi connectivity index (χ0) is 49.9. The molecule has 1 spiro atoms. The second kappa shape index (κ2) is 16.9. The Labute approximate surface area is 448 Å². The lowest BCUT2D eigenvalue weighted by molar-refractivity contribution is 0.438. The quantitative estimate of drug-likeness (QED) is 0.158. The van der Waals surface area contributed by atoms with Gasteiger partial charge in [-0.1, -0.05) is 176 Å². The summed E-state index contributed by atoms with van der Waals surface area (Å²) in [5, 5.41) is 7.26. The lowest BCUT2D eigenvalue weighted by atomic mass is 9.65. The van der Waals surface area contributed by atoms with Crippen LogP contribution in [0, 0.1) is 0 Å². The van der Waals surface area contributed by atoms with Crippen molar-refractivity contribution in [2.24, 2.45) is 0 Å². The highest BCUT2D eigenvalue weighted by Crippen LogP contribution is 2.64. The van der Waals surface area contributed by atoms with Gasteiger partial charge >= 0.3 is 0 Å². The molecule has 3 nitrogen and oxygen atoms in total. The molecule has 1 aliphatic carbocycles. The predicted molar refractivity (Wildman–Crippen MR) is 322 cm³/mol. The zero-order valence-corrected chi connectivity index (χ0v) is 42.7. The van der Waals surface area contributed by atoms with Gasteiger partial charge in [0.05, 0.1) is 16.8 Å². The van der Waals surface area contributed by atoms with Gasteiger partial charge in [-0.25, -0.2) is 0 Å². The number of hydrogen-bond acceptors (Lipinski definition) is 5. The number of fused-ring (bicyclic) bond motifs is 16. The van der Waals surface area contributed by atoms with Crippen molar-refractivity contribution in [2.45, 2.75) is 5.41 Å². The summed E-state index contributed by atoms with van der Waals surface area (Å²) in [5.41, 5.74) is 15.3. The molecule has 5 heteroatoms. The fourth-order valence-corrected chi connectivity index (χ4v) is 15.0. The van der Waals surface area contributed by atoms with Gasteiger partial charge in [-0.3, -0.25) is 0 Å². The first-order valence-corrected chi connectivity index (χ1v) is 27.5. The van der Waals surface area contributed by atoms with E-state index in [1.54, 1.807) is 0 Å². The molecule has 0 bridgehead atoms. The number of benzene rings is 12. The molecule has 0 radical (unpaired) electrons. The first-order valence-electron chi connectivity index (χ1n) is 25.9. The number of nitrogens with zero attached hydrogens (tertiary/aromatic N) is 2. The Kier molecular flexibility index (Phi) is 9.59. The molecule has 0 saturated heterocycles. The second-order valence-electron chi connectivity index (χ2n) is 19.9. The average molecular weight is 1010 g/mol. The second-order valence-corrected chi connectivity index (χ2v) is 22.0. The summed E-state index contributed by atoms with van der Waals surface area (Å²) in [4.78, 5) is 4.96. The van der Waals surface area contributed by atoms with Crippen LogP contribution in [0.15, 0.2) is 267 Å². The first-order chi connectivity index (χ1) is 37.7. The molecule has 2 aliphatic rings. The maximum absolute atomic E-state index is 7.47. The molecule has 14 aromatic rings. The van der Waals surface area contributed by atoms with Crippen LogP contribution in [0.4, 0.5) is 34.1 Å². The minimum Gasteiger partial charge on any atom is -0.456 e. The Morgan fingerprint density at radius 1 is 0.303 bits per heavy atom. The highest BCUT2D eigenvalue weighted by Gasteiger charge is 2.52. The molecule has 0 N–H and O–H groups in total. The Bertz CT molecular complexity index is 4560. The minimum atomic E-state index is -0.708. The Balaban J connectivity index is 1.04. The summed E-state index contributed by atoms with van der Waals surface area (Å²) in [6, 6.07) is 98.3. The van der Waals surface area contributed by atoms with Gasteiger partial charge in [0.15, 0.2) is 0 Å². The van der Waals surface area contributed by atoms with Crippen molar-refractivity contribution in [3.8, 4) is 33.8 Å². The van der Waals surface area contributed by atoms with E-state index in [4.69, 9.17) is 4.74 Å². The summed E-state index contributed by atoms with van der Waals surface area (Å²) in [6.07, 6.45) is 0. The number of anilines is 6. The standard InChI is InChI=1S/C71H44N2OS2/c1-3-22-46(23-4-1)72(47-24-5-2-6-25-47)62-35-19-39-67-69(62)56-42-48(40-41-65(56)76-67)73(61-34-18-38-66-68(61)54-29-11-16-37-64(54)75-66)49-43-55(51-30-17-21-45-20-7-8-26-50(45)51)70-60(44-49)71(59-33-14-15-36-63(59)74-70)57-31-12-9-27-52(57)53-28-10-13-32-58(53)71/h1-44H. The first kappa shape index (κ1) is 43.2. The van der Waals surface area contributed by atoms with E-state index in [1.807, 2.05) is 22.7 Å². The number of para-hydroxylation sites is 3. The lowest BCUT2D eigenvalue weighted by Crippen LogP contribution is -2.32. The van der Waals surface area contributed by atoms with Crippen LogP contribution in [0.5, 0.6) is 11.5 Å². The lowest BCUT2D eigenvalue weighted by Gasteiger charge is -2.41. The van der Waals surface area contributed by atoms with Gasteiger partial charge in [0.1, 0.15) is 11.5 Å². The van der Waals surface area contributed by atoms with E-state index in [2.05, 4.69) is 277 Å². The van der Waals surface area contributed by atoms with E-state index in [1.165, 1.54) is 73.4 Å². The maximum atomic E-state index is 7.47. The van der Waals surface area contributed by atoms with Gasteiger partial charge in [0.2, 0.25) is 0 Å². The Hall–Kier alpha value is -9.26. The van der Waals surface area contributed by atoms with Crippen LogP contribution >= 0.6 is 22.7 Å². The van der Waals surface area contributed by atoms with Gasteiger partial charge in [0, 0.05) is 79.8 Å². The van der Waals surface area contributed by atoms with Crippen LogP contribution in [-0.2, 0) is 5.41 Å². The molecule has 0 amide bonds. The van der Waals surface area contributed by atoms with Gasteiger partial charge < -0.3 is 14.5 Å². The van der Waals surface area contributed by atoms with Crippen LogP contribution in [0.2, 0.25) is 0 Å². The molecule has 3 heterocycles. The minimum absolute atomic E-state index is 0.708. The van der Waals surface area contributed by atoms with Gasteiger partial charge in [-0.2, -0.15) is 0 Å². The number of hydrogen-bond donors (Lipinski definition) is 0. The molecular formula is C71H44N2OS2. The van der Waals surface area contributed by atoms with E-state index >= 15 is 0 Å². The fourth-order valence-electron chi connectivity index (χ4n) is 12.8. The van der Waals surface area contributed by atoms with Crippen LogP contribution in [-0.4, -0.2) is 0 Å². The van der Waals surface area contributed by atoms with E-state index in [9.17, 15) is 0 Å². The summed E-state index contributed by atoms with van der Waals surface area (Å²) in [5.74, 6) is 1.74. The van der Waals surface area contributed by atoms with Gasteiger partial charge in [-0.05, 0) is 130 Å². The molecule has 356 valence electrons. The third-order valence-corrected chi connectivity index (χ3v) is 18.1. The summed E-state index contributed by atoms with van der Waals surface area (Å²) in [7, 11) is 0. The molecule has 12 aromatic carbocycles. The van der Waals surface area contributed by atoms with Gasteiger partial charge in [-0.15, -0.1) is 22.7 Å². The number of thiophene rings is 2. The monoisotopic (exact) mass is 1000 g/mol. The third-order valence-electron chi connectivity index (χ3n) is 15.9. The topological polar surface area (TPSA) is 15.7 Å². The molecule has 2 aromatic heterocycles. The van der Waals surface area contributed by atoms with Crippen molar-refractivity contribution >= 4 is 108 Å². The summed E-state index contributed by atoms with van der Waals surface area (Å²) >= 11 is 3.71. The Morgan fingerprint density at radius 3 is 1.53 bits per heavy atom. The highest BCUT2D eigenvalue weighted by atomic mass is 32.1. The molecular weight excluding hydrogens is 961 g/mol. The van der Waals surface area contributed by atoms with Crippen LogP contribution in [0.25, 0.3) is 73.4 Å². The van der Waals surface area contributed by atoms with Crippen LogP contribution in [0.1, 0.15) is 22.3 Å². The molecule has 76 heavy (non-hydrogen) atoms. The average Bonchev–Trinajstić information content (AvgIpc) is 4.34. The number of rotatable bonds is 7. The number of ether oxygens (including phenoxy) is 1. The third kappa shape index (κ3) is 6.27. The smallest absolute Gasteiger partial charge is 0.140 e. The molecule has 0 saturated carbocycles. The largest absolute Gasteiger partial charge is 0.456 e. The van der Waals surface area contributed by atoms with E-state index in [-0.39, 0.29) is 0 Å². The maximum Gasteiger partial charge on any atom is 0.140 e. The molecule has 0 atom stereocenters. The van der Waals surface area contributed by atoms with Crippen LogP contribution < -0.4 is 14.5 Å². The van der Waals surface area contributed by atoms with E-state index in [0.29, 0.717) is 0 Å². The van der Waals surface area contributed by atoms with Gasteiger partial charge in [0.25, 0.3) is 0 Å². The van der Waals surface area contributed by atoms with Crippen molar-refractivity contribution in [1.82, 2.24) is 0 Å². The van der Waals surface area contributed by atoms with Crippen LogP contribution in [0.3, 0.4) is 0 Å². The van der Waals surface area contributed by atoms with E-state index in [0.717, 1.165) is 67.9 Å². The summed E-state index contributed by atoms with van der Waals surface area (Å²) < 4.78 is 12.5. The van der Waals surface area contributed by atoms with E-state index < -0.39 is 5.41 Å². The fraction of sp³-hybridized carbons (Fsp3) is 0.0141. The molecule has 0 unspecified atom stereocenters. The molecule has 1 aliphatic heterocycles. The predicted octanol–water partition coefficient (Wildman–Crippen LogP) is 20.7. The van der Waals surface area contributed by atoms with Crippen molar-refractivity contribution in [1.29, 1.82) is 0 Å². The highest BCUT2D eigenvalue weighted by molar-refractivity contribution is 7.26. The molecule has 16 rings (SSSR count). The van der Waals surface area contributed by atoms with Crippen molar-refractivity contribution in [3.63, 3.8) is 0 Å². The zero-order valence-electron chi connectivity index (χ0n) is 41.0. The SMILES string of the molecule is c1ccc(N(c2ccccc2)c2cccc3sc4ccc(N(c5cc(-c6cccc7ccccc67)c6c(c5)C5(c7ccccc7O6)c6ccccc6-c6ccccc65)c5cccc6sc7ccccc7c56)cc4c23)cc1.